The summed E-state index contributed by atoms with van der Waals surface area (Å²) in [5.74, 6) is -1.10. The number of likely N-dealkylation sites (N-methyl/N-ethyl adjacent to an activating group) is 1. The van der Waals surface area contributed by atoms with E-state index in [0.29, 0.717) is 11.3 Å². The zero-order valence-electron chi connectivity index (χ0n) is 9.97. The lowest BCUT2D eigenvalue weighted by atomic mass is 10.2. The molecule has 2 rings (SSSR count). The first-order chi connectivity index (χ1) is 8.00. The highest BCUT2D eigenvalue weighted by Gasteiger charge is 2.21. The maximum atomic E-state index is 11.9. The largest absolute Gasteiger partial charge is 0.342 e. The molecule has 88 valence electrons. The maximum absolute atomic E-state index is 11.9. The number of hydrogen-bond donors (Lipinski definition) is 0. The number of hydrogen-bond acceptors (Lipinski definition) is 3. The topological polar surface area (TPSA) is 54.7 Å². The average molecular weight is 231 g/mol. The maximum Gasteiger partial charge on any atom is 0.296 e. The van der Waals surface area contributed by atoms with Gasteiger partial charge in [0.25, 0.3) is 11.7 Å². The van der Waals surface area contributed by atoms with Gasteiger partial charge in [0.1, 0.15) is 11.3 Å². The number of fused-ring (bicyclic) bond motifs is 1. The third-order valence-electron chi connectivity index (χ3n) is 2.49. The molecule has 0 N–H and O–H groups in total. The van der Waals surface area contributed by atoms with Gasteiger partial charge in [0.15, 0.2) is 0 Å². The van der Waals surface area contributed by atoms with Crippen LogP contribution in [-0.2, 0) is 4.79 Å². The number of ketones is 1. The van der Waals surface area contributed by atoms with Gasteiger partial charge < -0.3 is 4.90 Å². The van der Waals surface area contributed by atoms with Crippen LogP contribution in [-0.4, -0.2) is 40.1 Å². The van der Waals surface area contributed by atoms with Crippen LogP contribution in [0.2, 0.25) is 0 Å². The van der Waals surface area contributed by atoms with Crippen LogP contribution in [0, 0.1) is 6.92 Å². The van der Waals surface area contributed by atoms with E-state index in [1.165, 1.54) is 11.1 Å². The van der Waals surface area contributed by atoms with Crippen molar-refractivity contribution < 1.29 is 9.59 Å². The molecule has 0 aliphatic rings. The van der Waals surface area contributed by atoms with Crippen LogP contribution >= 0.6 is 0 Å². The number of nitrogens with zero attached hydrogens (tertiary/aromatic N) is 3. The summed E-state index contributed by atoms with van der Waals surface area (Å²) in [7, 11) is 3.10. The van der Waals surface area contributed by atoms with Crippen LogP contribution in [0.1, 0.15) is 16.1 Å². The first-order valence-electron chi connectivity index (χ1n) is 5.20. The third-order valence-corrected chi connectivity index (χ3v) is 2.49. The van der Waals surface area contributed by atoms with Gasteiger partial charge in [-0.1, -0.05) is 6.07 Å². The molecule has 0 saturated carbocycles. The van der Waals surface area contributed by atoms with Crippen molar-refractivity contribution in [1.29, 1.82) is 0 Å². The quantitative estimate of drug-likeness (QED) is 0.570. The van der Waals surface area contributed by atoms with E-state index in [2.05, 4.69) is 4.98 Å². The Morgan fingerprint density at radius 3 is 2.65 bits per heavy atom. The molecular formula is C12H13N3O2. The van der Waals surface area contributed by atoms with Crippen LogP contribution in [0.4, 0.5) is 0 Å². The molecule has 2 aromatic rings. The van der Waals surface area contributed by atoms with E-state index in [1.807, 2.05) is 19.1 Å². The Morgan fingerprint density at radius 1 is 1.29 bits per heavy atom. The van der Waals surface area contributed by atoms with Gasteiger partial charge in [-0.05, 0) is 18.6 Å². The highest BCUT2D eigenvalue weighted by Crippen LogP contribution is 2.10. The summed E-state index contributed by atoms with van der Waals surface area (Å²) in [6, 6.07) is 3.72. The monoisotopic (exact) mass is 231 g/mol. The van der Waals surface area contributed by atoms with Gasteiger partial charge in [-0.25, -0.2) is 4.98 Å². The zero-order chi connectivity index (χ0) is 12.6. The predicted molar refractivity (Wildman–Crippen MR) is 63.0 cm³/mol. The molecule has 0 aliphatic carbocycles. The van der Waals surface area contributed by atoms with E-state index in [1.54, 1.807) is 24.7 Å². The van der Waals surface area contributed by atoms with Crippen molar-refractivity contribution in [2.75, 3.05) is 14.1 Å². The first kappa shape index (κ1) is 11.3. The number of aromatic nitrogens is 2. The first-order valence-corrected chi connectivity index (χ1v) is 5.20. The fourth-order valence-electron chi connectivity index (χ4n) is 1.57. The van der Waals surface area contributed by atoms with Gasteiger partial charge in [0, 0.05) is 20.3 Å². The molecule has 5 nitrogen and oxygen atoms in total. The molecule has 17 heavy (non-hydrogen) atoms. The number of aryl methyl sites for hydroxylation is 1. The fourth-order valence-corrected chi connectivity index (χ4v) is 1.57. The van der Waals surface area contributed by atoms with Crippen LogP contribution in [0.5, 0.6) is 0 Å². The lowest BCUT2D eigenvalue weighted by Crippen LogP contribution is -2.30. The lowest BCUT2D eigenvalue weighted by Gasteiger charge is -2.08. The number of carbonyl (C=O) groups excluding carboxylic acids is 2. The molecule has 2 aromatic heterocycles. The molecule has 2 heterocycles. The summed E-state index contributed by atoms with van der Waals surface area (Å²) in [6.45, 7) is 1.92. The SMILES string of the molecule is Cc1ccc2ncc(C(=O)C(=O)N(C)C)n2c1. The summed E-state index contributed by atoms with van der Waals surface area (Å²) in [5, 5.41) is 0. The van der Waals surface area contributed by atoms with Crippen LogP contribution < -0.4 is 0 Å². The Balaban J connectivity index is 2.53. The molecule has 0 aliphatic heterocycles. The Labute approximate surface area is 98.7 Å². The third kappa shape index (κ3) is 1.91. The second-order valence-electron chi connectivity index (χ2n) is 4.11. The minimum absolute atomic E-state index is 0.294. The van der Waals surface area contributed by atoms with Gasteiger partial charge in [-0.3, -0.25) is 14.0 Å². The van der Waals surface area contributed by atoms with Gasteiger partial charge >= 0.3 is 0 Å². The van der Waals surface area contributed by atoms with Gasteiger partial charge in [-0.15, -0.1) is 0 Å². The molecule has 0 radical (unpaired) electrons. The standard InChI is InChI=1S/C12H13N3O2/c1-8-4-5-10-13-6-9(15(10)7-8)11(16)12(17)14(2)3/h4-7H,1-3H3. The summed E-state index contributed by atoms with van der Waals surface area (Å²) in [5.41, 5.74) is 1.95. The van der Waals surface area contributed by atoms with Crippen molar-refractivity contribution in [2.45, 2.75) is 6.92 Å². The highest BCUT2D eigenvalue weighted by molar-refractivity contribution is 6.42. The average Bonchev–Trinajstić information content (AvgIpc) is 2.69. The van der Waals surface area contributed by atoms with Crippen molar-refractivity contribution in [1.82, 2.24) is 14.3 Å². The van der Waals surface area contributed by atoms with E-state index in [-0.39, 0.29) is 0 Å². The minimum atomic E-state index is -0.548. The minimum Gasteiger partial charge on any atom is -0.342 e. The van der Waals surface area contributed by atoms with Crippen molar-refractivity contribution in [2.24, 2.45) is 0 Å². The number of rotatable bonds is 2. The summed E-state index contributed by atoms with van der Waals surface area (Å²) in [6.07, 6.45) is 3.22. The van der Waals surface area contributed by atoms with Crippen molar-refractivity contribution >= 4 is 17.3 Å². The molecule has 0 atom stereocenters. The zero-order valence-corrected chi connectivity index (χ0v) is 9.97. The molecule has 1 amide bonds. The number of carbonyl (C=O) groups is 2. The molecule has 0 aromatic carbocycles. The molecule has 0 unspecified atom stereocenters. The van der Waals surface area contributed by atoms with E-state index in [4.69, 9.17) is 0 Å². The number of Topliss-reactive ketones (excluding diaryl/α,β-unsaturated/α-hetero) is 1. The van der Waals surface area contributed by atoms with E-state index < -0.39 is 11.7 Å². The number of pyridine rings is 1. The van der Waals surface area contributed by atoms with E-state index >= 15 is 0 Å². The Morgan fingerprint density at radius 2 is 2.00 bits per heavy atom. The predicted octanol–water partition coefficient (Wildman–Crippen LogP) is 0.914. The number of imidazole rings is 1. The lowest BCUT2D eigenvalue weighted by molar-refractivity contribution is -0.124. The van der Waals surface area contributed by atoms with Crippen LogP contribution in [0.15, 0.2) is 24.5 Å². The molecule has 5 heteroatoms. The Kier molecular flexibility index (Phi) is 2.67. The summed E-state index contributed by atoms with van der Waals surface area (Å²) in [4.78, 5) is 28.9. The molecule has 0 saturated heterocycles. The van der Waals surface area contributed by atoms with E-state index in [0.717, 1.165) is 5.56 Å². The Hall–Kier alpha value is -2.17. The van der Waals surface area contributed by atoms with Crippen LogP contribution in [0.3, 0.4) is 0 Å². The summed E-state index contributed by atoms with van der Waals surface area (Å²) >= 11 is 0. The second-order valence-corrected chi connectivity index (χ2v) is 4.11. The van der Waals surface area contributed by atoms with E-state index in [9.17, 15) is 9.59 Å². The molecule has 0 bridgehead atoms. The van der Waals surface area contributed by atoms with Gasteiger partial charge in [-0.2, -0.15) is 0 Å². The van der Waals surface area contributed by atoms with Crippen LogP contribution in [0.25, 0.3) is 5.65 Å². The van der Waals surface area contributed by atoms with Gasteiger partial charge in [0.05, 0.1) is 6.20 Å². The molecule has 0 fully saturated rings. The number of amides is 1. The fraction of sp³-hybridized carbons (Fsp3) is 0.250. The van der Waals surface area contributed by atoms with Crippen molar-refractivity contribution in [3.63, 3.8) is 0 Å². The smallest absolute Gasteiger partial charge is 0.296 e. The van der Waals surface area contributed by atoms with Crippen molar-refractivity contribution in [3.05, 3.63) is 35.8 Å². The summed E-state index contributed by atoms with van der Waals surface area (Å²) < 4.78 is 1.64. The second kappa shape index (κ2) is 4.01. The normalized spacial score (nSPS) is 10.5. The highest BCUT2D eigenvalue weighted by atomic mass is 16.2. The van der Waals surface area contributed by atoms with Crippen molar-refractivity contribution in [3.8, 4) is 0 Å². The molecule has 0 spiro atoms. The molecular weight excluding hydrogens is 218 g/mol. The Bertz CT molecular complexity index is 599. The van der Waals surface area contributed by atoms with Gasteiger partial charge in [0.2, 0.25) is 0 Å².